The van der Waals surface area contributed by atoms with Crippen LogP contribution in [0.15, 0.2) is 60.8 Å². The molecular weight excluding hydrogens is 456 g/mol. The fourth-order valence-corrected chi connectivity index (χ4v) is 3.90. The van der Waals surface area contributed by atoms with Crippen LogP contribution in [0.1, 0.15) is 45.7 Å². The van der Waals surface area contributed by atoms with Gasteiger partial charge in [0.2, 0.25) is 5.91 Å². The Morgan fingerprint density at radius 3 is 2.39 bits per heavy atom. The SMILES string of the molecule is CN(C)c1ccn(C(=O)c2ccc(C(=O)C=Cc3cccc(NCC(=O)N4CCCCC4)n3)cc2)n1. The van der Waals surface area contributed by atoms with E-state index >= 15 is 0 Å². The number of rotatable bonds is 8. The van der Waals surface area contributed by atoms with E-state index in [1.165, 1.54) is 17.2 Å². The molecule has 9 nitrogen and oxygen atoms in total. The number of nitrogens with zero attached hydrogens (tertiary/aromatic N) is 5. The lowest BCUT2D eigenvalue weighted by Crippen LogP contribution is -2.39. The number of allylic oxidation sites excluding steroid dienone is 1. The molecule has 1 saturated heterocycles. The molecule has 1 fully saturated rings. The summed E-state index contributed by atoms with van der Waals surface area (Å²) < 4.78 is 1.28. The van der Waals surface area contributed by atoms with E-state index in [4.69, 9.17) is 0 Å². The van der Waals surface area contributed by atoms with E-state index < -0.39 is 0 Å². The minimum absolute atomic E-state index is 0.0697. The van der Waals surface area contributed by atoms with Gasteiger partial charge in [0.1, 0.15) is 5.82 Å². The van der Waals surface area contributed by atoms with Gasteiger partial charge in [-0.3, -0.25) is 14.4 Å². The molecule has 0 saturated carbocycles. The second kappa shape index (κ2) is 11.4. The van der Waals surface area contributed by atoms with Crippen molar-refractivity contribution in [3.63, 3.8) is 0 Å². The van der Waals surface area contributed by atoms with Crippen molar-refractivity contribution in [2.45, 2.75) is 19.3 Å². The Balaban J connectivity index is 1.34. The minimum Gasteiger partial charge on any atom is -0.361 e. The van der Waals surface area contributed by atoms with Crippen LogP contribution in [0.4, 0.5) is 11.6 Å². The molecule has 1 N–H and O–H groups in total. The predicted molar refractivity (Wildman–Crippen MR) is 139 cm³/mol. The van der Waals surface area contributed by atoms with E-state index in [1.54, 1.807) is 54.7 Å². The third-order valence-corrected chi connectivity index (χ3v) is 5.96. The number of aromatic nitrogens is 3. The predicted octanol–water partition coefficient (Wildman–Crippen LogP) is 3.35. The highest BCUT2D eigenvalue weighted by molar-refractivity contribution is 6.07. The summed E-state index contributed by atoms with van der Waals surface area (Å²) in [6.07, 6.45) is 7.97. The number of ketones is 1. The quantitative estimate of drug-likeness (QED) is 0.385. The number of amides is 1. The van der Waals surface area contributed by atoms with E-state index in [0.29, 0.717) is 28.5 Å². The smallest absolute Gasteiger partial charge is 0.278 e. The molecule has 9 heteroatoms. The fourth-order valence-electron chi connectivity index (χ4n) is 3.90. The first-order valence-electron chi connectivity index (χ1n) is 12.0. The average Bonchev–Trinajstić information content (AvgIpc) is 3.42. The third kappa shape index (κ3) is 6.24. The standard InChI is InChI=1S/C27H30N6O3/c1-31(2)25-15-18-33(30-25)27(36)21-11-9-20(10-12-21)23(34)14-13-22-7-6-8-24(29-22)28-19-26(35)32-16-4-3-5-17-32/h6-15,18H,3-5,16-17,19H2,1-2H3,(H,28,29). The van der Waals surface area contributed by atoms with Crippen molar-refractivity contribution in [2.75, 3.05) is 43.9 Å². The van der Waals surface area contributed by atoms with E-state index in [9.17, 15) is 14.4 Å². The number of nitrogens with one attached hydrogen (secondary N) is 1. The van der Waals surface area contributed by atoms with Crippen LogP contribution in [-0.2, 0) is 4.79 Å². The van der Waals surface area contributed by atoms with Crippen LogP contribution in [0.25, 0.3) is 6.08 Å². The van der Waals surface area contributed by atoms with Crippen LogP contribution in [0, 0.1) is 0 Å². The van der Waals surface area contributed by atoms with E-state index in [-0.39, 0.29) is 24.1 Å². The molecule has 1 aromatic carbocycles. The summed E-state index contributed by atoms with van der Waals surface area (Å²) in [5, 5.41) is 7.32. The first-order chi connectivity index (χ1) is 17.4. The van der Waals surface area contributed by atoms with Crippen LogP contribution in [0.5, 0.6) is 0 Å². The van der Waals surface area contributed by atoms with Gasteiger partial charge in [0.25, 0.3) is 5.91 Å². The highest BCUT2D eigenvalue weighted by atomic mass is 16.2. The molecule has 1 aliphatic rings. The van der Waals surface area contributed by atoms with Crippen molar-refractivity contribution in [1.82, 2.24) is 19.7 Å². The third-order valence-electron chi connectivity index (χ3n) is 5.96. The first-order valence-corrected chi connectivity index (χ1v) is 12.0. The van der Waals surface area contributed by atoms with E-state index in [2.05, 4.69) is 15.4 Å². The van der Waals surface area contributed by atoms with E-state index in [0.717, 1.165) is 25.9 Å². The van der Waals surface area contributed by atoms with Gasteiger partial charge in [-0.25, -0.2) is 9.67 Å². The topological polar surface area (TPSA) is 100 Å². The van der Waals surface area contributed by atoms with Crippen LogP contribution in [0.2, 0.25) is 0 Å². The van der Waals surface area contributed by atoms with Crippen molar-refractivity contribution in [1.29, 1.82) is 0 Å². The minimum atomic E-state index is -0.273. The molecule has 0 unspecified atom stereocenters. The summed E-state index contributed by atoms with van der Waals surface area (Å²) in [6, 6.07) is 13.6. The number of hydrogen-bond donors (Lipinski definition) is 1. The molecule has 0 radical (unpaired) electrons. The van der Waals surface area contributed by atoms with Crippen molar-refractivity contribution in [3.05, 3.63) is 77.6 Å². The first kappa shape index (κ1) is 24.8. The van der Waals surface area contributed by atoms with Gasteiger partial charge in [0, 0.05) is 50.6 Å². The van der Waals surface area contributed by atoms with Crippen molar-refractivity contribution in [2.24, 2.45) is 0 Å². The number of piperidine rings is 1. The van der Waals surface area contributed by atoms with Gasteiger partial charge < -0.3 is 15.1 Å². The summed E-state index contributed by atoms with van der Waals surface area (Å²) in [5.41, 5.74) is 1.49. The van der Waals surface area contributed by atoms with Crippen LogP contribution in [-0.4, -0.2) is 71.0 Å². The van der Waals surface area contributed by atoms with Gasteiger partial charge in [-0.2, -0.15) is 0 Å². The zero-order chi connectivity index (χ0) is 25.5. The lowest BCUT2D eigenvalue weighted by Gasteiger charge is -2.26. The Bertz CT molecular complexity index is 1260. The highest BCUT2D eigenvalue weighted by Crippen LogP contribution is 2.13. The van der Waals surface area contributed by atoms with Crippen molar-refractivity contribution in [3.8, 4) is 0 Å². The molecule has 0 bridgehead atoms. The van der Waals surface area contributed by atoms with Crippen molar-refractivity contribution < 1.29 is 14.4 Å². The van der Waals surface area contributed by atoms with Gasteiger partial charge in [-0.1, -0.05) is 18.2 Å². The van der Waals surface area contributed by atoms with Crippen LogP contribution < -0.4 is 10.2 Å². The molecule has 186 valence electrons. The van der Waals surface area contributed by atoms with Gasteiger partial charge >= 0.3 is 0 Å². The maximum atomic E-state index is 12.6. The summed E-state index contributed by atoms with van der Waals surface area (Å²) in [4.78, 5) is 45.8. The maximum absolute atomic E-state index is 12.6. The van der Waals surface area contributed by atoms with Crippen LogP contribution in [0.3, 0.4) is 0 Å². The Kier molecular flexibility index (Phi) is 7.89. The zero-order valence-electron chi connectivity index (χ0n) is 20.6. The van der Waals surface area contributed by atoms with Gasteiger partial charge in [-0.15, -0.1) is 5.10 Å². The second-order valence-corrected chi connectivity index (χ2v) is 8.84. The highest BCUT2D eigenvalue weighted by Gasteiger charge is 2.16. The number of hydrogen-bond acceptors (Lipinski definition) is 7. The molecule has 0 atom stereocenters. The number of likely N-dealkylation sites (tertiary alicyclic amines) is 1. The molecule has 1 amide bonds. The van der Waals surface area contributed by atoms with E-state index in [1.807, 2.05) is 30.0 Å². The molecule has 1 aliphatic heterocycles. The Morgan fingerprint density at radius 1 is 0.972 bits per heavy atom. The monoisotopic (exact) mass is 486 g/mol. The lowest BCUT2D eigenvalue weighted by atomic mass is 10.1. The summed E-state index contributed by atoms with van der Waals surface area (Å²) in [5.74, 6) is 0.851. The molecule has 2 aromatic heterocycles. The number of pyridine rings is 1. The molecular formula is C27H30N6O3. The number of anilines is 2. The number of carbonyl (C=O) groups excluding carboxylic acids is 3. The number of carbonyl (C=O) groups is 3. The second-order valence-electron chi connectivity index (χ2n) is 8.84. The molecule has 3 heterocycles. The maximum Gasteiger partial charge on any atom is 0.278 e. The summed E-state index contributed by atoms with van der Waals surface area (Å²) >= 11 is 0. The lowest BCUT2D eigenvalue weighted by molar-refractivity contribution is -0.130. The van der Waals surface area contributed by atoms with Crippen molar-refractivity contribution >= 4 is 35.3 Å². The van der Waals surface area contributed by atoms with Gasteiger partial charge in [-0.05, 0) is 55.7 Å². The molecule has 3 aromatic rings. The Morgan fingerprint density at radius 2 is 1.69 bits per heavy atom. The Hall–Kier alpha value is -4.27. The molecule has 0 spiro atoms. The molecule has 4 rings (SSSR count). The molecule has 36 heavy (non-hydrogen) atoms. The van der Waals surface area contributed by atoms with Crippen LogP contribution >= 0.6 is 0 Å². The summed E-state index contributed by atoms with van der Waals surface area (Å²) in [7, 11) is 3.70. The normalized spacial score (nSPS) is 13.6. The Labute approximate surface area is 210 Å². The van der Waals surface area contributed by atoms with Gasteiger partial charge in [0.05, 0.1) is 12.2 Å². The fraction of sp³-hybridized carbons (Fsp3) is 0.296. The largest absolute Gasteiger partial charge is 0.361 e. The number of benzene rings is 1. The average molecular weight is 487 g/mol. The summed E-state index contributed by atoms with van der Waals surface area (Å²) in [6.45, 7) is 1.82. The van der Waals surface area contributed by atoms with Gasteiger partial charge in [0.15, 0.2) is 11.6 Å². The molecule has 0 aliphatic carbocycles. The zero-order valence-corrected chi connectivity index (χ0v) is 20.6.